The van der Waals surface area contributed by atoms with Gasteiger partial charge in [-0.15, -0.1) is 5.10 Å². The fourth-order valence-corrected chi connectivity index (χ4v) is 2.00. The number of nitrogens with zero attached hydrogens (tertiary/aromatic N) is 3. The molecule has 84 valence electrons. The SMILES string of the molecule is Clc1ccn2nc(-c3ccc(Br)cc3)nc2c1. The molecule has 5 heteroatoms. The largest absolute Gasteiger partial charge is 0.220 e. The highest BCUT2D eigenvalue weighted by atomic mass is 79.9. The van der Waals surface area contributed by atoms with E-state index >= 15 is 0 Å². The van der Waals surface area contributed by atoms with Crippen molar-refractivity contribution in [3.63, 3.8) is 0 Å². The van der Waals surface area contributed by atoms with Crippen molar-refractivity contribution in [2.24, 2.45) is 0 Å². The zero-order valence-electron chi connectivity index (χ0n) is 8.64. The molecule has 0 saturated carbocycles. The first kappa shape index (κ1) is 10.7. The summed E-state index contributed by atoms with van der Waals surface area (Å²) < 4.78 is 2.75. The van der Waals surface area contributed by atoms with Gasteiger partial charge in [0.05, 0.1) is 0 Å². The summed E-state index contributed by atoms with van der Waals surface area (Å²) in [5, 5.41) is 5.04. The van der Waals surface area contributed by atoms with E-state index in [0.29, 0.717) is 10.8 Å². The lowest BCUT2D eigenvalue weighted by atomic mass is 10.2. The Kier molecular flexibility index (Phi) is 2.61. The molecule has 3 rings (SSSR count). The third kappa shape index (κ3) is 2.06. The van der Waals surface area contributed by atoms with E-state index in [-0.39, 0.29) is 0 Å². The molecule has 0 aliphatic rings. The lowest BCUT2D eigenvalue weighted by Crippen LogP contribution is -1.85. The maximum absolute atomic E-state index is 5.91. The number of hydrogen-bond acceptors (Lipinski definition) is 2. The van der Waals surface area contributed by atoms with Crippen LogP contribution in [-0.2, 0) is 0 Å². The van der Waals surface area contributed by atoms with Gasteiger partial charge in [0.25, 0.3) is 0 Å². The van der Waals surface area contributed by atoms with Crippen molar-refractivity contribution in [3.05, 3.63) is 52.1 Å². The van der Waals surface area contributed by atoms with Crippen molar-refractivity contribution in [1.82, 2.24) is 14.6 Å². The van der Waals surface area contributed by atoms with Crippen molar-refractivity contribution < 1.29 is 0 Å². The predicted octanol–water partition coefficient (Wildman–Crippen LogP) is 3.81. The van der Waals surface area contributed by atoms with E-state index < -0.39 is 0 Å². The number of halogens is 2. The van der Waals surface area contributed by atoms with Gasteiger partial charge in [-0.25, -0.2) is 9.50 Å². The summed E-state index contributed by atoms with van der Waals surface area (Å²) in [7, 11) is 0. The van der Waals surface area contributed by atoms with Crippen LogP contribution >= 0.6 is 27.5 Å². The monoisotopic (exact) mass is 307 g/mol. The van der Waals surface area contributed by atoms with Gasteiger partial charge in [-0.2, -0.15) is 0 Å². The van der Waals surface area contributed by atoms with Gasteiger partial charge in [0.15, 0.2) is 11.5 Å². The topological polar surface area (TPSA) is 30.2 Å². The molecule has 0 radical (unpaired) electrons. The van der Waals surface area contributed by atoms with Crippen LogP contribution in [0.1, 0.15) is 0 Å². The normalized spacial score (nSPS) is 10.9. The van der Waals surface area contributed by atoms with Crippen LogP contribution in [0.25, 0.3) is 17.0 Å². The molecule has 0 aliphatic heterocycles. The molecule has 3 nitrogen and oxygen atoms in total. The first-order chi connectivity index (χ1) is 8.22. The molecule has 0 aliphatic carbocycles. The number of rotatable bonds is 1. The van der Waals surface area contributed by atoms with Crippen LogP contribution in [0.3, 0.4) is 0 Å². The van der Waals surface area contributed by atoms with E-state index in [2.05, 4.69) is 26.0 Å². The molecule has 0 N–H and O–H groups in total. The van der Waals surface area contributed by atoms with Crippen molar-refractivity contribution >= 4 is 33.2 Å². The highest BCUT2D eigenvalue weighted by Gasteiger charge is 2.06. The summed E-state index contributed by atoms with van der Waals surface area (Å²) in [5.74, 6) is 0.694. The third-order valence-electron chi connectivity index (χ3n) is 2.40. The summed E-state index contributed by atoms with van der Waals surface area (Å²) in [4.78, 5) is 4.43. The van der Waals surface area contributed by atoms with Gasteiger partial charge in [-0.05, 0) is 18.2 Å². The van der Waals surface area contributed by atoms with Crippen molar-refractivity contribution in [1.29, 1.82) is 0 Å². The van der Waals surface area contributed by atoms with Crippen molar-refractivity contribution in [2.75, 3.05) is 0 Å². The molecule has 2 heterocycles. The van der Waals surface area contributed by atoms with E-state index in [0.717, 1.165) is 15.7 Å². The summed E-state index contributed by atoms with van der Waals surface area (Å²) >= 11 is 9.31. The maximum atomic E-state index is 5.91. The average molecular weight is 309 g/mol. The fourth-order valence-electron chi connectivity index (χ4n) is 1.58. The second kappa shape index (κ2) is 4.13. The molecule has 0 bridgehead atoms. The van der Waals surface area contributed by atoms with Gasteiger partial charge in [0, 0.05) is 27.3 Å². The lowest BCUT2D eigenvalue weighted by Gasteiger charge is -1.93. The Bertz CT molecular complexity index is 676. The highest BCUT2D eigenvalue weighted by molar-refractivity contribution is 9.10. The Morgan fingerprint density at radius 3 is 2.65 bits per heavy atom. The van der Waals surface area contributed by atoms with Crippen LogP contribution in [0.5, 0.6) is 0 Å². The van der Waals surface area contributed by atoms with Gasteiger partial charge in [0.1, 0.15) is 0 Å². The van der Waals surface area contributed by atoms with Crippen LogP contribution in [0.4, 0.5) is 0 Å². The zero-order chi connectivity index (χ0) is 11.8. The molecule has 0 fully saturated rings. The summed E-state index contributed by atoms with van der Waals surface area (Å²) in [6.07, 6.45) is 1.80. The average Bonchev–Trinajstić information content (AvgIpc) is 2.72. The number of hydrogen-bond donors (Lipinski definition) is 0. The highest BCUT2D eigenvalue weighted by Crippen LogP contribution is 2.20. The molecule has 0 atom stereocenters. The number of aromatic nitrogens is 3. The molecule has 17 heavy (non-hydrogen) atoms. The standard InChI is InChI=1S/C12H7BrClN3/c13-9-3-1-8(2-4-9)12-15-11-7-10(14)5-6-17(11)16-12/h1-7H. The molecule has 0 saturated heterocycles. The molecule has 0 amide bonds. The smallest absolute Gasteiger partial charge is 0.182 e. The lowest BCUT2D eigenvalue weighted by molar-refractivity contribution is 0.966. The van der Waals surface area contributed by atoms with Crippen molar-refractivity contribution in [2.45, 2.75) is 0 Å². The van der Waals surface area contributed by atoms with E-state index in [1.165, 1.54) is 0 Å². The molecule has 0 spiro atoms. The quantitative estimate of drug-likeness (QED) is 0.684. The van der Waals surface area contributed by atoms with E-state index in [4.69, 9.17) is 11.6 Å². The van der Waals surface area contributed by atoms with Crippen LogP contribution in [0.15, 0.2) is 47.1 Å². The number of benzene rings is 1. The van der Waals surface area contributed by atoms with E-state index in [1.54, 1.807) is 22.8 Å². The van der Waals surface area contributed by atoms with Crippen LogP contribution < -0.4 is 0 Å². The molecular formula is C12H7BrClN3. The van der Waals surface area contributed by atoms with Crippen LogP contribution in [0, 0.1) is 0 Å². The Balaban J connectivity index is 2.14. The minimum absolute atomic E-state index is 0.659. The van der Waals surface area contributed by atoms with Crippen LogP contribution in [0.2, 0.25) is 5.02 Å². The second-order valence-corrected chi connectivity index (χ2v) is 4.94. The maximum Gasteiger partial charge on any atom is 0.182 e. The van der Waals surface area contributed by atoms with E-state index in [9.17, 15) is 0 Å². The third-order valence-corrected chi connectivity index (χ3v) is 3.17. The predicted molar refractivity (Wildman–Crippen MR) is 71.1 cm³/mol. The first-order valence-electron chi connectivity index (χ1n) is 5.00. The second-order valence-electron chi connectivity index (χ2n) is 3.59. The van der Waals surface area contributed by atoms with Gasteiger partial charge < -0.3 is 0 Å². The molecule has 1 aromatic carbocycles. The Labute approximate surface area is 111 Å². The summed E-state index contributed by atoms with van der Waals surface area (Å²) in [5.41, 5.74) is 1.73. The minimum atomic E-state index is 0.659. The number of fused-ring (bicyclic) bond motifs is 1. The Morgan fingerprint density at radius 2 is 1.88 bits per heavy atom. The zero-order valence-corrected chi connectivity index (χ0v) is 11.0. The Hall–Kier alpha value is -1.39. The summed E-state index contributed by atoms with van der Waals surface area (Å²) in [6.45, 7) is 0. The summed E-state index contributed by atoms with van der Waals surface area (Å²) in [6, 6.07) is 11.5. The Morgan fingerprint density at radius 1 is 1.12 bits per heavy atom. The van der Waals surface area contributed by atoms with Gasteiger partial charge in [0.2, 0.25) is 0 Å². The molecule has 3 aromatic rings. The fraction of sp³-hybridized carbons (Fsp3) is 0. The first-order valence-corrected chi connectivity index (χ1v) is 6.17. The molecule has 0 unspecified atom stereocenters. The van der Waals surface area contributed by atoms with Gasteiger partial charge in [-0.1, -0.05) is 39.7 Å². The number of pyridine rings is 1. The molecular weight excluding hydrogens is 302 g/mol. The van der Waals surface area contributed by atoms with Crippen molar-refractivity contribution in [3.8, 4) is 11.4 Å². The minimum Gasteiger partial charge on any atom is -0.220 e. The molecule has 2 aromatic heterocycles. The van der Waals surface area contributed by atoms with Gasteiger partial charge >= 0.3 is 0 Å². The van der Waals surface area contributed by atoms with Crippen LogP contribution in [-0.4, -0.2) is 14.6 Å². The van der Waals surface area contributed by atoms with Gasteiger partial charge in [-0.3, -0.25) is 0 Å². The van der Waals surface area contributed by atoms with E-state index in [1.807, 2.05) is 24.3 Å².